The van der Waals surface area contributed by atoms with E-state index in [0.29, 0.717) is 35.9 Å². The second kappa shape index (κ2) is 8.02. The summed E-state index contributed by atoms with van der Waals surface area (Å²) in [6, 6.07) is 11.1. The van der Waals surface area contributed by atoms with Gasteiger partial charge in [0.2, 0.25) is 10.0 Å². The number of benzene rings is 2. The molecule has 0 radical (unpaired) electrons. The minimum atomic E-state index is -3.55. The fraction of sp³-hybridized carbons (Fsp3) is 0.318. The number of ether oxygens (including phenoxy) is 2. The molecule has 1 aliphatic rings. The van der Waals surface area contributed by atoms with Crippen molar-refractivity contribution in [1.29, 1.82) is 0 Å². The number of aryl methyl sites for hydroxylation is 2. The van der Waals surface area contributed by atoms with Crippen LogP contribution in [0.2, 0.25) is 0 Å². The molecule has 0 amide bonds. The van der Waals surface area contributed by atoms with Crippen molar-refractivity contribution in [2.24, 2.45) is 0 Å². The Kier molecular flexibility index (Phi) is 5.57. The molecule has 0 spiro atoms. The highest BCUT2D eigenvalue weighted by Crippen LogP contribution is 2.37. The molecule has 6 nitrogen and oxygen atoms in total. The van der Waals surface area contributed by atoms with Crippen LogP contribution in [0.15, 0.2) is 41.3 Å². The molecule has 2 aromatic carbocycles. The molecule has 3 aromatic rings. The second-order valence-corrected chi connectivity index (χ2v) is 10.4. The van der Waals surface area contributed by atoms with Gasteiger partial charge in [0.05, 0.1) is 31.4 Å². The van der Waals surface area contributed by atoms with Crippen LogP contribution in [0.1, 0.15) is 21.7 Å². The van der Waals surface area contributed by atoms with Crippen molar-refractivity contribution < 1.29 is 17.9 Å². The maximum atomic E-state index is 13.2. The van der Waals surface area contributed by atoms with Gasteiger partial charge in [0.15, 0.2) is 11.5 Å². The molecule has 158 valence electrons. The predicted molar refractivity (Wildman–Crippen MR) is 118 cm³/mol. The van der Waals surface area contributed by atoms with Crippen LogP contribution in [0, 0.1) is 13.8 Å². The Morgan fingerprint density at radius 3 is 2.37 bits per heavy atom. The van der Waals surface area contributed by atoms with Crippen molar-refractivity contribution in [3.8, 4) is 22.1 Å². The van der Waals surface area contributed by atoms with Crippen LogP contribution in [0.3, 0.4) is 0 Å². The summed E-state index contributed by atoms with van der Waals surface area (Å²) in [6.07, 6.45) is 0.600. The predicted octanol–water partition coefficient (Wildman–Crippen LogP) is 4.19. The number of sulfonamides is 1. The number of fused-ring (bicyclic) bond motifs is 1. The Bertz CT molecular complexity index is 1180. The van der Waals surface area contributed by atoms with E-state index in [9.17, 15) is 8.42 Å². The van der Waals surface area contributed by atoms with Gasteiger partial charge in [-0.15, -0.1) is 11.3 Å². The lowest BCUT2D eigenvalue weighted by Crippen LogP contribution is -2.35. The van der Waals surface area contributed by atoms with Gasteiger partial charge < -0.3 is 9.47 Å². The summed E-state index contributed by atoms with van der Waals surface area (Å²) in [6.45, 7) is 4.60. The minimum absolute atomic E-state index is 0.343. The molecule has 4 rings (SSSR count). The van der Waals surface area contributed by atoms with Gasteiger partial charge in [0.25, 0.3) is 0 Å². The van der Waals surface area contributed by atoms with Crippen LogP contribution in [-0.2, 0) is 23.0 Å². The molecule has 0 saturated carbocycles. The highest BCUT2D eigenvalue weighted by atomic mass is 32.2. The SMILES string of the molecule is COc1ccc(-c2nc3c(s2)CN(S(=O)(=O)c2cc(C)cc(C)c2)CC3)cc1OC. The monoisotopic (exact) mass is 444 g/mol. The molecule has 8 heteroatoms. The Balaban J connectivity index is 1.63. The molecule has 0 N–H and O–H groups in total. The van der Waals surface area contributed by atoms with E-state index in [-0.39, 0.29) is 0 Å². The third-order valence-electron chi connectivity index (χ3n) is 5.16. The molecule has 1 aromatic heterocycles. The summed E-state index contributed by atoms with van der Waals surface area (Å²) in [5, 5.41) is 0.853. The highest BCUT2D eigenvalue weighted by molar-refractivity contribution is 7.89. The third kappa shape index (κ3) is 3.82. The topological polar surface area (TPSA) is 68.7 Å². The van der Waals surface area contributed by atoms with Crippen molar-refractivity contribution >= 4 is 21.4 Å². The molecule has 0 bridgehead atoms. The van der Waals surface area contributed by atoms with E-state index in [4.69, 9.17) is 14.5 Å². The van der Waals surface area contributed by atoms with Crippen LogP contribution in [0.25, 0.3) is 10.6 Å². The van der Waals surface area contributed by atoms with Gasteiger partial charge in [-0.2, -0.15) is 4.31 Å². The van der Waals surface area contributed by atoms with Crippen LogP contribution in [0.4, 0.5) is 0 Å². The van der Waals surface area contributed by atoms with E-state index < -0.39 is 10.0 Å². The van der Waals surface area contributed by atoms with Crippen molar-refractivity contribution in [2.75, 3.05) is 20.8 Å². The average Bonchev–Trinajstić information content (AvgIpc) is 3.16. The molecule has 1 aliphatic heterocycles. The first kappa shape index (κ1) is 20.8. The van der Waals surface area contributed by atoms with Crippen molar-refractivity contribution in [3.63, 3.8) is 0 Å². The van der Waals surface area contributed by atoms with E-state index in [2.05, 4.69) is 0 Å². The first-order valence-corrected chi connectivity index (χ1v) is 11.9. The summed E-state index contributed by atoms with van der Waals surface area (Å²) in [5.41, 5.74) is 3.78. The molecular formula is C22H24N2O4S2. The number of rotatable bonds is 5. The standard InChI is InChI=1S/C22H24N2O4S2/c1-14-9-15(2)11-17(10-14)30(25,26)24-8-7-18-21(13-24)29-22(23-18)16-5-6-19(27-3)20(12-16)28-4/h5-6,9-12H,7-8,13H2,1-4H3. The fourth-order valence-electron chi connectivity index (χ4n) is 3.70. The normalized spacial score (nSPS) is 14.4. The number of nitrogens with zero attached hydrogens (tertiary/aromatic N) is 2. The Morgan fingerprint density at radius 1 is 1.00 bits per heavy atom. The van der Waals surface area contributed by atoms with Gasteiger partial charge in [-0.3, -0.25) is 0 Å². The fourth-order valence-corrected chi connectivity index (χ4v) is 6.50. The van der Waals surface area contributed by atoms with E-state index in [1.54, 1.807) is 30.7 Å². The lowest BCUT2D eigenvalue weighted by Gasteiger charge is -2.25. The molecule has 0 atom stereocenters. The third-order valence-corrected chi connectivity index (χ3v) is 8.11. The van der Waals surface area contributed by atoms with E-state index >= 15 is 0 Å². The van der Waals surface area contributed by atoms with Crippen LogP contribution < -0.4 is 9.47 Å². The average molecular weight is 445 g/mol. The maximum absolute atomic E-state index is 13.2. The van der Waals surface area contributed by atoms with E-state index in [0.717, 1.165) is 32.3 Å². The molecule has 0 unspecified atom stereocenters. The van der Waals surface area contributed by atoms with Gasteiger partial charge in [-0.1, -0.05) is 6.07 Å². The quantitative estimate of drug-likeness (QED) is 0.590. The van der Waals surface area contributed by atoms with Gasteiger partial charge in [-0.05, 0) is 55.3 Å². The molecule has 0 saturated heterocycles. The van der Waals surface area contributed by atoms with Crippen LogP contribution >= 0.6 is 11.3 Å². The van der Waals surface area contributed by atoms with E-state index in [1.807, 2.05) is 38.1 Å². The summed E-state index contributed by atoms with van der Waals surface area (Å²) in [4.78, 5) is 6.11. The van der Waals surface area contributed by atoms with Crippen molar-refractivity contribution in [2.45, 2.75) is 31.7 Å². The largest absolute Gasteiger partial charge is 0.493 e. The van der Waals surface area contributed by atoms with Crippen molar-refractivity contribution in [1.82, 2.24) is 9.29 Å². The lowest BCUT2D eigenvalue weighted by atomic mass is 10.2. The van der Waals surface area contributed by atoms with Gasteiger partial charge in [0, 0.05) is 23.4 Å². The van der Waals surface area contributed by atoms with Gasteiger partial charge >= 0.3 is 0 Å². The lowest BCUT2D eigenvalue weighted by molar-refractivity contribution is 0.355. The molecule has 30 heavy (non-hydrogen) atoms. The molecule has 0 fully saturated rings. The smallest absolute Gasteiger partial charge is 0.243 e. The zero-order valence-electron chi connectivity index (χ0n) is 17.4. The molecular weight excluding hydrogens is 420 g/mol. The second-order valence-electron chi connectivity index (χ2n) is 7.37. The number of thiazole rings is 1. The summed E-state index contributed by atoms with van der Waals surface area (Å²) >= 11 is 1.53. The number of methoxy groups -OCH3 is 2. The number of hydrogen-bond donors (Lipinski definition) is 0. The summed E-state index contributed by atoms with van der Waals surface area (Å²) < 4.78 is 38.7. The minimum Gasteiger partial charge on any atom is -0.493 e. The molecule has 2 heterocycles. The van der Waals surface area contributed by atoms with Crippen LogP contribution in [-0.4, -0.2) is 38.5 Å². The zero-order chi connectivity index (χ0) is 21.5. The van der Waals surface area contributed by atoms with Gasteiger partial charge in [-0.25, -0.2) is 13.4 Å². The van der Waals surface area contributed by atoms with E-state index in [1.165, 1.54) is 11.3 Å². The molecule has 0 aliphatic carbocycles. The van der Waals surface area contributed by atoms with Crippen molar-refractivity contribution in [3.05, 3.63) is 58.1 Å². The Hall–Kier alpha value is -2.42. The summed E-state index contributed by atoms with van der Waals surface area (Å²) in [7, 11) is -0.346. The first-order valence-electron chi connectivity index (χ1n) is 9.61. The first-order chi connectivity index (χ1) is 14.3. The van der Waals surface area contributed by atoms with Gasteiger partial charge in [0.1, 0.15) is 5.01 Å². The Labute approximate surface area is 181 Å². The zero-order valence-corrected chi connectivity index (χ0v) is 19.1. The number of hydrogen-bond acceptors (Lipinski definition) is 6. The Morgan fingerprint density at radius 2 is 1.70 bits per heavy atom. The maximum Gasteiger partial charge on any atom is 0.243 e. The summed E-state index contributed by atoms with van der Waals surface area (Å²) in [5.74, 6) is 1.30. The highest BCUT2D eigenvalue weighted by Gasteiger charge is 2.31. The van der Waals surface area contributed by atoms with Crippen LogP contribution in [0.5, 0.6) is 11.5 Å². The number of aromatic nitrogens is 1.